The van der Waals surface area contributed by atoms with E-state index in [1.165, 1.54) is 0 Å². The van der Waals surface area contributed by atoms with E-state index in [1.54, 1.807) is 0 Å². The molecule has 1 aromatic carbocycles. The maximum atomic E-state index is 5.92. The highest BCUT2D eigenvalue weighted by molar-refractivity contribution is 14.1. The molecule has 0 saturated carbocycles. The molecule has 4 rings (SSSR count). The standard InChI is InChI=1S/C16H17IO3/c1-2-8-15-10-18-16(19-11-15,20-12-15)14-5-3-13(4-6-14)7-9-17/h3-6H,2,8,10-12H2,1H3. The zero-order chi connectivity index (χ0) is 14.1. The number of hydrogen-bond acceptors (Lipinski definition) is 3. The van der Waals surface area contributed by atoms with E-state index < -0.39 is 5.97 Å². The first-order valence-corrected chi connectivity index (χ1v) is 7.94. The molecule has 0 radical (unpaired) electrons. The molecule has 0 aliphatic carbocycles. The van der Waals surface area contributed by atoms with Gasteiger partial charge in [0.2, 0.25) is 0 Å². The normalized spacial score (nSPS) is 31.7. The van der Waals surface area contributed by atoms with Crippen molar-refractivity contribution in [3.8, 4) is 9.85 Å². The zero-order valence-corrected chi connectivity index (χ0v) is 13.6. The molecule has 3 aliphatic heterocycles. The van der Waals surface area contributed by atoms with Gasteiger partial charge in [0, 0.05) is 39.1 Å². The van der Waals surface area contributed by atoms with Crippen molar-refractivity contribution < 1.29 is 14.2 Å². The third-order valence-corrected chi connectivity index (χ3v) is 4.19. The summed E-state index contributed by atoms with van der Waals surface area (Å²) in [4.78, 5) is 0. The largest absolute Gasteiger partial charge is 0.323 e. The third-order valence-electron chi connectivity index (χ3n) is 3.92. The summed E-state index contributed by atoms with van der Waals surface area (Å²) in [6.45, 7) is 4.29. The highest BCUT2D eigenvalue weighted by Crippen LogP contribution is 2.46. The fourth-order valence-corrected chi connectivity index (χ4v) is 3.11. The molecule has 0 atom stereocenters. The number of fused-ring (bicyclic) bond motifs is 3. The summed E-state index contributed by atoms with van der Waals surface area (Å²) >= 11 is 2.03. The first kappa shape index (κ1) is 14.3. The van der Waals surface area contributed by atoms with Gasteiger partial charge >= 0.3 is 5.97 Å². The Morgan fingerprint density at radius 1 is 1.10 bits per heavy atom. The van der Waals surface area contributed by atoms with E-state index in [4.69, 9.17) is 14.2 Å². The minimum absolute atomic E-state index is 0.0448. The van der Waals surface area contributed by atoms with Gasteiger partial charge in [0.15, 0.2) is 0 Å². The van der Waals surface area contributed by atoms with Crippen molar-refractivity contribution in [2.75, 3.05) is 19.8 Å². The molecule has 0 aromatic heterocycles. The van der Waals surface area contributed by atoms with Crippen LogP contribution in [0.3, 0.4) is 0 Å². The van der Waals surface area contributed by atoms with Crippen LogP contribution in [0.15, 0.2) is 24.3 Å². The van der Waals surface area contributed by atoms with E-state index in [-0.39, 0.29) is 5.41 Å². The van der Waals surface area contributed by atoms with Gasteiger partial charge in [-0.25, -0.2) is 0 Å². The van der Waals surface area contributed by atoms with Gasteiger partial charge in [0.25, 0.3) is 0 Å². The predicted molar refractivity (Wildman–Crippen MR) is 84.2 cm³/mol. The van der Waals surface area contributed by atoms with Crippen LogP contribution in [0.2, 0.25) is 0 Å². The summed E-state index contributed by atoms with van der Waals surface area (Å²) in [5.41, 5.74) is 1.93. The molecule has 3 saturated heterocycles. The Balaban J connectivity index is 1.79. The first-order valence-electron chi connectivity index (χ1n) is 6.86. The molecule has 0 spiro atoms. The summed E-state index contributed by atoms with van der Waals surface area (Å²) in [6, 6.07) is 7.87. The van der Waals surface area contributed by atoms with Gasteiger partial charge in [-0.1, -0.05) is 19.3 Å². The molecule has 0 N–H and O–H groups in total. The average molecular weight is 384 g/mol. The van der Waals surface area contributed by atoms with Gasteiger partial charge in [-0.3, -0.25) is 0 Å². The third kappa shape index (κ3) is 2.48. The minimum Gasteiger partial charge on any atom is -0.323 e. The fourth-order valence-electron chi connectivity index (χ4n) is 2.80. The second-order valence-electron chi connectivity index (χ2n) is 5.47. The zero-order valence-electron chi connectivity index (χ0n) is 11.4. The van der Waals surface area contributed by atoms with Crippen molar-refractivity contribution in [3.05, 3.63) is 35.4 Å². The average Bonchev–Trinajstić information content (AvgIpc) is 2.50. The lowest BCUT2D eigenvalue weighted by molar-refractivity contribution is -0.480. The summed E-state index contributed by atoms with van der Waals surface area (Å²) in [5, 5.41) is 0. The summed E-state index contributed by atoms with van der Waals surface area (Å²) < 4.78 is 20.6. The van der Waals surface area contributed by atoms with E-state index in [0.29, 0.717) is 19.8 Å². The van der Waals surface area contributed by atoms with Crippen LogP contribution < -0.4 is 0 Å². The van der Waals surface area contributed by atoms with Crippen LogP contribution in [0.25, 0.3) is 0 Å². The smallest absolute Gasteiger partial charge is 0.312 e. The molecule has 4 heteroatoms. The van der Waals surface area contributed by atoms with Crippen LogP contribution in [0.4, 0.5) is 0 Å². The maximum absolute atomic E-state index is 5.92. The quantitative estimate of drug-likeness (QED) is 0.591. The van der Waals surface area contributed by atoms with Crippen molar-refractivity contribution in [3.63, 3.8) is 0 Å². The molecule has 0 unspecified atom stereocenters. The van der Waals surface area contributed by atoms with Gasteiger partial charge in [0.05, 0.1) is 19.8 Å². The van der Waals surface area contributed by atoms with Crippen molar-refractivity contribution in [2.24, 2.45) is 5.41 Å². The SMILES string of the molecule is CCCC12COC(c3ccc(C#CI)cc3)(OC1)OC2. The maximum Gasteiger partial charge on any atom is 0.312 e. The van der Waals surface area contributed by atoms with E-state index >= 15 is 0 Å². The molecule has 3 nitrogen and oxygen atoms in total. The van der Waals surface area contributed by atoms with Crippen LogP contribution in [0.5, 0.6) is 0 Å². The lowest BCUT2D eigenvalue weighted by Crippen LogP contribution is -2.58. The molecule has 2 bridgehead atoms. The Kier molecular flexibility index (Phi) is 4.04. The van der Waals surface area contributed by atoms with Crippen LogP contribution in [0.1, 0.15) is 30.9 Å². The predicted octanol–water partition coefficient (Wildman–Crippen LogP) is 3.40. The molecule has 3 heterocycles. The summed E-state index contributed by atoms with van der Waals surface area (Å²) in [6.07, 6.45) is 2.19. The molecule has 0 amide bonds. The van der Waals surface area contributed by atoms with Gasteiger partial charge in [-0.2, -0.15) is 0 Å². The Labute approximate surface area is 133 Å². The Morgan fingerprint density at radius 3 is 2.20 bits per heavy atom. The van der Waals surface area contributed by atoms with Gasteiger partial charge < -0.3 is 14.2 Å². The van der Waals surface area contributed by atoms with Crippen LogP contribution in [0, 0.1) is 15.3 Å². The number of halogens is 1. The fraction of sp³-hybridized carbons (Fsp3) is 0.500. The van der Waals surface area contributed by atoms with Gasteiger partial charge in [-0.05, 0) is 34.6 Å². The molecule has 20 heavy (non-hydrogen) atoms. The summed E-state index contributed by atoms with van der Waals surface area (Å²) in [7, 11) is 0. The summed E-state index contributed by atoms with van der Waals surface area (Å²) in [5.74, 6) is 2.01. The Hall–Kier alpha value is -0.610. The minimum atomic E-state index is -1.01. The van der Waals surface area contributed by atoms with Crippen molar-refractivity contribution >= 4 is 22.6 Å². The second-order valence-corrected chi connectivity index (χ2v) is 6.01. The Bertz CT molecular complexity index is 517. The topological polar surface area (TPSA) is 27.7 Å². The van der Waals surface area contributed by atoms with E-state index in [2.05, 4.69) is 16.8 Å². The highest BCUT2D eigenvalue weighted by Gasteiger charge is 2.53. The van der Waals surface area contributed by atoms with E-state index in [0.717, 1.165) is 24.0 Å². The van der Waals surface area contributed by atoms with Crippen molar-refractivity contribution in [1.82, 2.24) is 0 Å². The molecule has 3 aliphatic rings. The van der Waals surface area contributed by atoms with Crippen LogP contribution >= 0.6 is 22.6 Å². The first-order chi connectivity index (χ1) is 9.72. The molecule has 3 fully saturated rings. The molecule has 1 aromatic rings. The number of benzene rings is 1. The molecular weight excluding hydrogens is 367 g/mol. The van der Waals surface area contributed by atoms with Crippen molar-refractivity contribution in [1.29, 1.82) is 0 Å². The van der Waals surface area contributed by atoms with Gasteiger partial charge in [0.1, 0.15) is 0 Å². The number of hydrogen-bond donors (Lipinski definition) is 0. The number of ether oxygens (including phenoxy) is 3. The van der Waals surface area contributed by atoms with E-state index in [9.17, 15) is 0 Å². The molecule has 106 valence electrons. The molecular formula is C16H17IO3. The Morgan fingerprint density at radius 2 is 1.70 bits per heavy atom. The second kappa shape index (κ2) is 5.64. The lowest BCUT2D eigenvalue weighted by atomic mass is 9.83. The highest BCUT2D eigenvalue weighted by atomic mass is 127. The van der Waals surface area contributed by atoms with Crippen LogP contribution in [-0.2, 0) is 20.2 Å². The monoisotopic (exact) mass is 384 g/mol. The van der Waals surface area contributed by atoms with E-state index in [1.807, 2.05) is 46.9 Å². The van der Waals surface area contributed by atoms with Crippen molar-refractivity contribution in [2.45, 2.75) is 25.7 Å². The van der Waals surface area contributed by atoms with Crippen LogP contribution in [-0.4, -0.2) is 19.8 Å². The lowest BCUT2D eigenvalue weighted by Gasteiger charge is -2.51. The number of rotatable bonds is 3. The van der Waals surface area contributed by atoms with Gasteiger partial charge in [-0.15, -0.1) is 0 Å².